The molecule has 7 nitrogen and oxygen atoms in total. The van der Waals surface area contributed by atoms with Gasteiger partial charge in [0.05, 0.1) is 24.8 Å². The summed E-state index contributed by atoms with van der Waals surface area (Å²) in [4.78, 5) is 15.7. The Morgan fingerprint density at radius 3 is 2.05 bits per heavy atom. The smallest absolute Gasteiger partial charge is 0.264 e. The fourth-order valence-corrected chi connectivity index (χ4v) is 5.89. The molecule has 0 atom stereocenters. The van der Waals surface area contributed by atoms with Gasteiger partial charge in [-0.05, 0) is 72.7 Å². The number of rotatable bonds is 10. The molecule has 0 heterocycles. The van der Waals surface area contributed by atoms with E-state index >= 15 is 0 Å². The Kier molecular flexibility index (Phi) is 8.25. The van der Waals surface area contributed by atoms with Crippen LogP contribution in [0.3, 0.4) is 0 Å². The Bertz CT molecular complexity index is 1410. The third-order valence-electron chi connectivity index (χ3n) is 7.02. The van der Waals surface area contributed by atoms with E-state index in [1.54, 1.807) is 43.4 Å². The van der Waals surface area contributed by atoms with Crippen LogP contribution in [0.25, 0.3) is 0 Å². The second-order valence-corrected chi connectivity index (χ2v) is 12.9. The summed E-state index contributed by atoms with van der Waals surface area (Å²) < 4.78 is 39.9. The molecule has 4 rings (SSSR count). The Labute approximate surface area is 232 Å². The van der Waals surface area contributed by atoms with Crippen LogP contribution >= 0.6 is 0 Å². The first-order valence-electron chi connectivity index (χ1n) is 13.1. The van der Waals surface area contributed by atoms with Gasteiger partial charge in [0.25, 0.3) is 10.0 Å². The van der Waals surface area contributed by atoms with Crippen LogP contribution in [0.1, 0.15) is 50.3 Å². The van der Waals surface area contributed by atoms with E-state index in [2.05, 4.69) is 20.8 Å². The molecule has 1 aliphatic carbocycles. The van der Waals surface area contributed by atoms with Crippen LogP contribution in [0.2, 0.25) is 0 Å². The summed E-state index contributed by atoms with van der Waals surface area (Å²) in [5.74, 6) is 0.947. The number of hydrogen-bond donors (Lipinski definition) is 0. The molecule has 0 spiro atoms. The molecule has 3 aromatic carbocycles. The summed E-state index contributed by atoms with van der Waals surface area (Å²) in [5.41, 5.74) is 3.27. The highest BCUT2D eigenvalue weighted by Gasteiger charge is 2.36. The molecule has 0 N–H and O–H groups in total. The lowest BCUT2D eigenvalue weighted by Crippen LogP contribution is -2.43. The molecule has 1 amide bonds. The molecule has 1 aliphatic rings. The van der Waals surface area contributed by atoms with Crippen LogP contribution in [0, 0.1) is 6.92 Å². The number of nitrogens with zero attached hydrogens (tertiary/aromatic N) is 2. The van der Waals surface area contributed by atoms with Crippen molar-refractivity contribution in [3.63, 3.8) is 0 Å². The van der Waals surface area contributed by atoms with Gasteiger partial charge in [-0.3, -0.25) is 9.10 Å². The fourth-order valence-electron chi connectivity index (χ4n) is 4.48. The number of carbonyl (C=O) groups is 1. The number of ether oxygens (including phenoxy) is 2. The van der Waals surface area contributed by atoms with E-state index in [0.29, 0.717) is 23.7 Å². The first kappa shape index (κ1) is 28.5. The van der Waals surface area contributed by atoms with Crippen molar-refractivity contribution < 1.29 is 22.7 Å². The number of amides is 1. The topological polar surface area (TPSA) is 76.2 Å². The maximum absolute atomic E-state index is 14.0. The number of aryl methyl sites for hydroxylation is 1. The zero-order valence-electron chi connectivity index (χ0n) is 23.6. The van der Waals surface area contributed by atoms with Gasteiger partial charge in [0.15, 0.2) is 11.5 Å². The third kappa shape index (κ3) is 6.56. The van der Waals surface area contributed by atoms with Crippen molar-refractivity contribution in [2.75, 3.05) is 25.1 Å². The van der Waals surface area contributed by atoms with Crippen molar-refractivity contribution in [1.29, 1.82) is 0 Å². The van der Waals surface area contributed by atoms with Gasteiger partial charge in [-0.15, -0.1) is 0 Å². The number of methoxy groups -OCH3 is 2. The molecule has 1 saturated carbocycles. The van der Waals surface area contributed by atoms with Crippen molar-refractivity contribution in [3.8, 4) is 11.5 Å². The van der Waals surface area contributed by atoms with Crippen molar-refractivity contribution in [2.24, 2.45) is 0 Å². The van der Waals surface area contributed by atoms with E-state index in [1.165, 1.54) is 4.31 Å². The first-order chi connectivity index (χ1) is 18.4. The predicted octanol–water partition coefficient (Wildman–Crippen LogP) is 5.70. The van der Waals surface area contributed by atoms with E-state index in [-0.39, 0.29) is 28.8 Å². The van der Waals surface area contributed by atoms with Crippen molar-refractivity contribution in [3.05, 3.63) is 83.4 Å². The standard InChI is InChI=1S/C31H38N2O5S/c1-22-7-12-26(13-8-22)33(39(35,36)27-16-10-24(11-17-27)31(2,3)4)21-30(34)32(25-14-15-25)20-23-9-18-28(37-5)29(19-23)38-6/h7-13,16-19,25H,14-15,20-21H2,1-6H3. The SMILES string of the molecule is COc1ccc(CN(C(=O)CN(c2ccc(C)cc2)S(=O)(=O)c2ccc(C(C)(C)C)cc2)C2CC2)cc1OC. The minimum atomic E-state index is -4.01. The molecule has 39 heavy (non-hydrogen) atoms. The molecule has 3 aromatic rings. The van der Waals surface area contributed by atoms with Crippen LogP contribution < -0.4 is 13.8 Å². The Morgan fingerprint density at radius 2 is 1.51 bits per heavy atom. The maximum Gasteiger partial charge on any atom is 0.264 e. The Morgan fingerprint density at radius 1 is 0.897 bits per heavy atom. The van der Waals surface area contributed by atoms with Gasteiger partial charge in [-0.1, -0.05) is 56.7 Å². The van der Waals surface area contributed by atoms with Gasteiger partial charge in [0.1, 0.15) is 6.54 Å². The molecule has 208 valence electrons. The highest BCUT2D eigenvalue weighted by molar-refractivity contribution is 7.92. The molecule has 1 fully saturated rings. The number of carbonyl (C=O) groups excluding carboxylic acids is 1. The van der Waals surface area contributed by atoms with E-state index in [4.69, 9.17) is 9.47 Å². The zero-order valence-corrected chi connectivity index (χ0v) is 24.4. The predicted molar refractivity (Wildman–Crippen MR) is 154 cm³/mol. The number of anilines is 1. The van der Waals surface area contributed by atoms with Gasteiger partial charge < -0.3 is 14.4 Å². The highest BCUT2D eigenvalue weighted by Crippen LogP contribution is 2.33. The van der Waals surface area contributed by atoms with Crippen LogP contribution in [-0.2, 0) is 26.8 Å². The molecular weight excluding hydrogens is 512 g/mol. The second-order valence-electron chi connectivity index (χ2n) is 11.1. The summed E-state index contributed by atoms with van der Waals surface area (Å²) in [6.45, 7) is 8.25. The lowest BCUT2D eigenvalue weighted by Gasteiger charge is -2.29. The van der Waals surface area contributed by atoms with E-state index in [1.807, 2.05) is 49.4 Å². The average molecular weight is 551 g/mol. The minimum Gasteiger partial charge on any atom is -0.493 e. The summed E-state index contributed by atoms with van der Waals surface area (Å²) in [7, 11) is -0.855. The van der Waals surface area contributed by atoms with Gasteiger partial charge in [0.2, 0.25) is 5.91 Å². The van der Waals surface area contributed by atoms with Gasteiger partial charge >= 0.3 is 0 Å². The minimum absolute atomic E-state index is 0.0826. The highest BCUT2D eigenvalue weighted by atomic mass is 32.2. The number of hydrogen-bond acceptors (Lipinski definition) is 5. The number of sulfonamides is 1. The normalized spacial score (nSPS) is 13.6. The van der Waals surface area contributed by atoms with Crippen LogP contribution in [0.15, 0.2) is 71.6 Å². The quantitative estimate of drug-likeness (QED) is 0.324. The molecule has 0 aliphatic heterocycles. The summed E-state index contributed by atoms with van der Waals surface area (Å²) in [6.07, 6.45) is 1.79. The first-order valence-corrected chi connectivity index (χ1v) is 14.6. The van der Waals surface area contributed by atoms with E-state index in [0.717, 1.165) is 29.5 Å². The van der Waals surface area contributed by atoms with Gasteiger partial charge in [-0.2, -0.15) is 0 Å². The lowest BCUT2D eigenvalue weighted by molar-refractivity contribution is -0.130. The van der Waals surface area contributed by atoms with E-state index in [9.17, 15) is 13.2 Å². The number of benzene rings is 3. The van der Waals surface area contributed by atoms with Crippen LogP contribution in [-0.4, -0.2) is 46.0 Å². The molecule has 0 bridgehead atoms. The van der Waals surface area contributed by atoms with Crippen LogP contribution in [0.5, 0.6) is 11.5 Å². The second kappa shape index (κ2) is 11.3. The molecule has 8 heteroatoms. The van der Waals surface area contributed by atoms with Crippen molar-refractivity contribution in [2.45, 2.75) is 63.4 Å². The molecular formula is C31H38N2O5S. The van der Waals surface area contributed by atoms with E-state index < -0.39 is 10.0 Å². The average Bonchev–Trinajstić information content (AvgIpc) is 3.75. The molecule has 0 aromatic heterocycles. The van der Waals surface area contributed by atoms with Crippen LogP contribution in [0.4, 0.5) is 5.69 Å². The third-order valence-corrected chi connectivity index (χ3v) is 8.81. The zero-order chi connectivity index (χ0) is 28.4. The lowest BCUT2D eigenvalue weighted by atomic mass is 9.87. The summed E-state index contributed by atoms with van der Waals surface area (Å²) in [6, 6.07) is 19.8. The monoisotopic (exact) mass is 550 g/mol. The maximum atomic E-state index is 14.0. The van der Waals surface area contributed by atoms with Crippen molar-refractivity contribution >= 4 is 21.6 Å². The largest absolute Gasteiger partial charge is 0.493 e. The molecule has 0 radical (unpaired) electrons. The fraction of sp³-hybridized carbons (Fsp3) is 0.387. The molecule has 0 unspecified atom stereocenters. The summed E-state index contributed by atoms with van der Waals surface area (Å²) >= 11 is 0. The molecule has 0 saturated heterocycles. The Balaban J connectivity index is 1.65. The van der Waals surface area contributed by atoms with Gasteiger partial charge in [0, 0.05) is 12.6 Å². The van der Waals surface area contributed by atoms with Gasteiger partial charge in [-0.25, -0.2) is 8.42 Å². The Hall–Kier alpha value is -3.52. The van der Waals surface area contributed by atoms with Crippen molar-refractivity contribution in [1.82, 2.24) is 4.90 Å². The summed E-state index contributed by atoms with van der Waals surface area (Å²) in [5, 5.41) is 0.